The van der Waals surface area contributed by atoms with Gasteiger partial charge in [-0.05, 0) is 29.8 Å². The fourth-order valence-corrected chi connectivity index (χ4v) is 2.71. The van der Waals surface area contributed by atoms with E-state index in [2.05, 4.69) is 10.6 Å². The predicted molar refractivity (Wildman–Crippen MR) is 106 cm³/mol. The first-order valence-corrected chi connectivity index (χ1v) is 8.54. The van der Waals surface area contributed by atoms with Gasteiger partial charge in [0, 0.05) is 18.2 Å². The summed E-state index contributed by atoms with van der Waals surface area (Å²) in [5.74, 6) is -0.471. The van der Waals surface area contributed by atoms with E-state index in [-0.39, 0.29) is 11.3 Å². The monoisotopic (exact) mass is 381 g/mol. The average Bonchev–Trinajstić information content (AvgIpc) is 2.68. The van der Waals surface area contributed by atoms with Crippen LogP contribution in [0.25, 0.3) is 0 Å². The molecule has 0 spiro atoms. The summed E-state index contributed by atoms with van der Waals surface area (Å²) in [4.78, 5) is 23.3. The van der Waals surface area contributed by atoms with Crippen molar-refractivity contribution in [3.05, 3.63) is 99.1 Å². The highest BCUT2D eigenvalue weighted by atomic mass is 35.5. The van der Waals surface area contributed by atoms with Crippen LogP contribution in [-0.2, 0) is 6.54 Å². The zero-order chi connectivity index (χ0) is 19.2. The van der Waals surface area contributed by atoms with Crippen molar-refractivity contribution < 1.29 is 9.72 Å². The summed E-state index contributed by atoms with van der Waals surface area (Å²) in [7, 11) is 0. The second-order valence-electron chi connectivity index (χ2n) is 5.76. The van der Waals surface area contributed by atoms with Gasteiger partial charge in [0.05, 0.1) is 15.6 Å². The maximum absolute atomic E-state index is 12.4. The van der Waals surface area contributed by atoms with Crippen molar-refractivity contribution in [1.29, 1.82) is 0 Å². The van der Waals surface area contributed by atoms with Crippen molar-refractivity contribution in [2.24, 2.45) is 0 Å². The number of carbonyl (C=O) groups is 1. The molecule has 7 heteroatoms. The number of halogens is 1. The number of benzene rings is 3. The Morgan fingerprint density at radius 1 is 0.963 bits per heavy atom. The first-order valence-electron chi connectivity index (χ1n) is 8.17. The van der Waals surface area contributed by atoms with Crippen LogP contribution in [0.1, 0.15) is 15.9 Å². The Hall–Kier alpha value is -3.38. The molecule has 2 N–H and O–H groups in total. The second-order valence-corrected chi connectivity index (χ2v) is 6.17. The minimum absolute atomic E-state index is 0.169. The summed E-state index contributed by atoms with van der Waals surface area (Å²) < 4.78 is 0. The number of nitrogens with one attached hydrogen (secondary N) is 2. The van der Waals surface area contributed by atoms with E-state index in [1.54, 1.807) is 24.3 Å². The summed E-state index contributed by atoms with van der Waals surface area (Å²) in [6.45, 7) is 0.437. The molecule has 0 atom stereocenters. The van der Waals surface area contributed by atoms with Gasteiger partial charge in [-0.1, -0.05) is 54.1 Å². The van der Waals surface area contributed by atoms with Gasteiger partial charge in [0.2, 0.25) is 0 Å². The highest BCUT2D eigenvalue weighted by Crippen LogP contribution is 2.27. The predicted octanol–water partition coefficient (Wildman–Crippen LogP) is 5.11. The van der Waals surface area contributed by atoms with Gasteiger partial charge in [0.1, 0.15) is 5.69 Å². The van der Waals surface area contributed by atoms with Crippen LogP contribution in [0.3, 0.4) is 0 Å². The van der Waals surface area contributed by atoms with Crippen molar-refractivity contribution >= 4 is 34.6 Å². The van der Waals surface area contributed by atoms with Crippen molar-refractivity contribution in [2.75, 3.05) is 10.6 Å². The molecule has 1 amide bonds. The number of hydrogen-bond donors (Lipinski definition) is 2. The number of nitro benzene ring substituents is 1. The third kappa shape index (κ3) is 4.62. The van der Waals surface area contributed by atoms with Gasteiger partial charge in [-0.25, -0.2) is 0 Å². The quantitative estimate of drug-likeness (QED) is 0.459. The molecule has 0 saturated heterocycles. The Labute approximate surface area is 160 Å². The Balaban J connectivity index is 1.79. The van der Waals surface area contributed by atoms with E-state index in [0.29, 0.717) is 22.9 Å². The number of carbonyl (C=O) groups excluding carboxylic acids is 1. The first kappa shape index (κ1) is 18.4. The van der Waals surface area contributed by atoms with Gasteiger partial charge in [0.15, 0.2) is 0 Å². The molecule has 136 valence electrons. The molecule has 0 bridgehead atoms. The molecule has 0 unspecified atom stereocenters. The lowest BCUT2D eigenvalue weighted by Gasteiger charge is -2.10. The Kier molecular flexibility index (Phi) is 5.68. The smallest absolute Gasteiger partial charge is 0.293 e. The van der Waals surface area contributed by atoms with E-state index in [9.17, 15) is 14.9 Å². The molecule has 0 fully saturated rings. The third-order valence-corrected chi connectivity index (χ3v) is 4.23. The van der Waals surface area contributed by atoms with Gasteiger partial charge in [-0.15, -0.1) is 0 Å². The van der Waals surface area contributed by atoms with Gasteiger partial charge >= 0.3 is 0 Å². The standard InChI is InChI=1S/C20H16ClN3O3/c21-16-8-4-5-9-17(16)23-20(25)15-10-11-18(19(12-15)24(26)27)22-13-14-6-2-1-3-7-14/h1-12,22H,13H2,(H,23,25). The van der Waals surface area contributed by atoms with Crippen molar-refractivity contribution in [2.45, 2.75) is 6.54 Å². The molecule has 0 aromatic heterocycles. The minimum atomic E-state index is -0.514. The fourth-order valence-electron chi connectivity index (χ4n) is 2.52. The molecule has 0 aliphatic heterocycles. The lowest BCUT2D eigenvalue weighted by molar-refractivity contribution is -0.384. The SMILES string of the molecule is O=C(Nc1ccccc1Cl)c1ccc(NCc2ccccc2)c([N+](=O)[O-])c1. The normalized spacial score (nSPS) is 10.3. The molecule has 3 rings (SSSR count). The maximum atomic E-state index is 12.4. The number of para-hydroxylation sites is 1. The molecule has 6 nitrogen and oxygen atoms in total. The van der Waals surface area contributed by atoms with Crippen LogP contribution < -0.4 is 10.6 Å². The highest BCUT2D eigenvalue weighted by molar-refractivity contribution is 6.33. The zero-order valence-electron chi connectivity index (χ0n) is 14.2. The van der Waals surface area contributed by atoms with Crippen LogP contribution in [0, 0.1) is 10.1 Å². The number of anilines is 2. The topological polar surface area (TPSA) is 84.3 Å². The largest absolute Gasteiger partial charge is 0.375 e. The van der Waals surface area contributed by atoms with Crippen LogP contribution in [0.2, 0.25) is 5.02 Å². The number of amides is 1. The van der Waals surface area contributed by atoms with E-state index in [1.807, 2.05) is 30.3 Å². The van der Waals surface area contributed by atoms with Gasteiger partial charge in [-0.2, -0.15) is 0 Å². The van der Waals surface area contributed by atoms with Gasteiger partial charge in [0.25, 0.3) is 11.6 Å². The second kappa shape index (κ2) is 8.33. The van der Waals surface area contributed by atoms with E-state index in [1.165, 1.54) is 18.2 Å². The molecule has 0 aliphatic rings. The van der Waals surface area contributed by atoms with Gasteiger partial charge < -0.3 is 10.6 Å². The molecular weight excluding hydrogens is 366 g/mol. The van der Waals surface area contributed by atoms with E-state index in [4.69, 9.17) is 11.6 Å². The van der Waals surface area contributed by atoms with Crippen LogP contribution >= 0.6 is 11.6 Å². The number of nitro groups is 1. The molecule has 0 radical (unpaired) electrons. The molecule has 0 saturated carbocycles. The molecule has 27 heavy (non-hydrogen) atoms. The molecule has 0 heterocycles. The average molecular weight is 382 g/mol. The molecule has 3 aromatic carbocycles. The molecule has 0 aliphatic carbocycles. The third-order valence-electron chi connectivity index (χ3n) is 3.90. The zero-order valence-corrected chi connectivity index (χ0v) is 14.9. The van der Waals surface area contributed by atoms with Crippen molar-refractivity contribution in [3.8, 4) is 0 Å². The number of hydrogen-bond acceptors (Lipinski definition) is 4. The minimum Gasteiger partial charge on any atom is -0.375 e. The molecular formula is C20H16ClN3O3. The Bertz CT molecular complexity index is 977. The number of rotatable bonds is 6. The van der Waals surface area contributed by atoms with Crippen molar-refractivity contribution in [1.82, 2.24) is 0 Å². The number of nitrogens with zero attached hydrogens (tertiary/aromatic N) is 1. The summed E-state index contributed by atoms with van der Waals surface area (Å²) in [5, 5.41) is 17.5. The van der Waals surface area contributed by atoms with Gasteiger partial charge in [-0.3, -0.25) is 14.9 Å². The van der Waals surface area contributed by atoms with Crippen LogP contribution in [0.15, 0.2) is 72.8 Å². The molecule has 3 aromatic rings. The first-order chi connectivity index (χ1) is 13.0. The van der Waals surface area contributed by atoms with E-state index in [0.717, 1.165) is 5.56 Å². The van der Waals surface area contributed by atoms with Crippen LogP contribution in [-0.4, -0.2) is 10.8 Å². The van der Waals surface area contributed by atoms with E-state index >= 15 is 0 Å². The fraction of sp³-hybridized carbons (Fsp3) is 0.0500. The Morgan fingerprint density at radius 2 is 1.67 bits per heavy atom. The summed E-state index contributed by atoms with van der Waals surface area (Å²) in [5.41, 5.74) is 1.79. The lowest BCUT2D eigenvalue weighted by atomic mass is 10.1. The maximum Gasteiger partial charge on any atom is 0.293 e. The van der Waals surface area contributed by atoms with Crippen LogP contribution in [0.5, 0.6) is 0 Å². The highest BCUT2D eigenvalue weighted by Gasteiger charge is 2.18. The van der Waals surface area contributed by atoms with Crippen molar-refractivity contribution in [3.63, 3.8) is 0 Å². The summed E-state index contributed by atoms with van der Waals surface area (Å²) in [6, 6.07) is 20.6. The van der Waals surface area contributed by atoms with Crippen LogP contribution in [0.4, 0.5) is 17.1 Å². The summed E-state index contributed by atoms with van der Waals surface area (Å²) >= 11 is 6.03. The Morgan fingerprint density at radius 3 is 2.37 bits per heavy atom. The lowest BCUT2D eigenvalue weighted by Crippen LogP contribution is -2.13. The van der Waals surface area contributed by atoms with E-state index < -0.39 is 10.8 Å². The summed E-state index contributed by atoms with van der Waals surface area (Å²) in [6.07, 6.45) is 0.